The lowest BCUT2D eigenvalue weighted by Gasteiger charge is -2.38. The molecule has 1 aliphatic heterocycles. The van der Waals surface area contributed by atoms with Gasteiger partial charge in [-0.05, 0) is 20.8 Å². The minimum absolute atomic E-state index is 0.350. The van der Waals surface area contributed by atoms with E-state index in [0.717, 1.165) is 19.6 Å². The van der Waals surface area contributed by atoms with Gasteiger partial charge in [-0.1, -0.05) is 0 Å². The summed E-state index contributed by atoms with van der Waals surface area (Å²) < 4.78 is 5.63. The third-order valence-electron chi connectivity index (χ3n) is 2.41. The van der Waals surface area contributed by atoms with Gasteiger partial charge in [-0.25, -0.2) is 0 Å². The van der Waals surface area contributed by atoms with Gasteiger partial charge in [0, 0.05) is 25.7 Å². The van der Waals surface area contributed by atoms with Gasteiger partial charge in [-0.2, -0.15) is 0 Å². The van der Waals surface area contributed by atoms with Gasteiger partial charge in [0.1, 0.15) is 0 Å². The minimum atomic E-state index is 0.350. The number of nitrogens with two attached hydrogens (primary N) is 1. The third kappa shape index (κ3) is 2.44. The number of ether oxygens (including phenoxy) is 1. The van der Waals surface area contributed by atoms with Crippen LogP contribution in [0.4, 0.5) is 0 Å². The Morgan fingerprint density at radius 1 is 1.42 bits per heavy atom. The molecule has 0 radical (unpaired) electrons. The molecule has 3 unspecified atom stereocenters. The van der Waals surface area contributed by atoms with E-state index in [4.69, 9.17) is 10.5 Å². The Morgan fingerprint density at radius 2 is 1.92 bits per heavy atom. The second kappa shape index (κ2) is 4.21. The summed E-state index contributed by atoms with van der Waals surface area (Å²) in [7, 11) is 0. The Labute approximate surface area is 74.9 Å². The first-order chi connectivity index (χ1) is 5.63. The molecule has 3 atom stereocenters. The van der Waals surface area contributed by atoms with Crippen LogP contribution in [0.3, 0.4) is 0 Å². The summed E-state index contributed by atoms with van der Waals surface area (Å²) in [5.41, 5.74) is 5.61. The number of hydrogen-bond donors (Lipinski definition) is 1. The van der Waals surface area contributed by atoms with E-state index in [1.54, 1.807) is 0 Å². The first-order valence-corrected chi connectivity index (χ1v) is 4.73. The summed E-state index contributed by atoms with van der Waals surface area (Å²) in [5, 5.41) is 0. The van der Waals surface area contributed by atoms with E-state index in [9.17, 15) is 0 Å². The van der Waals surface area contributed by atoms with Crippen LogP contribution < -0.4 is 5.73 Å². The average molecular weight is 172 g/mol. The lowest BCUT2D eigenvalue weighted by Crippen LogP contribution is -2.51. The molecule has 0 aromatic heterocycles. The fraction of sp³-hybridized carbons (Fsp3) is 1.00. The topological polar surface area (TPSA) is 38.5 Å². The van der Waals surface area contributed by atoms with Gasteiger partial charge in [0.2, 0.25) is 0 Å². The van der Waals surface area contributed by atoms with Crippen LogP contribution in [-0.2, 0) is 4.74 Å². The molecule has 1 fully saturated rings. The molecular formula is C9H20N2O. The van der Waals surface area contributed by atoms with Crippen LogP contribution in [0.5, 0.6) is 0 Å². The maximum atomic E-state index is 5.63. The summed E-state index contributed by atoms with van der Waals surface area (Å²) in [6, 6.07) is 0.485. The molecule has 0 aromatic carbocycles. The van der Waals surface area contributed by atoms with Crippen molar-refractivity contribution in [3.8, 4) is 0 Å². The van der Waals surface area contributed by atoms with Crippen LogP contribution >= 0.6 is 0 Å². The van der Waals surface area contributed by atoms with Gasteiger partial charge in [0.15, 0.2) is 0 Å². The van der Waals surface area contributed by atoms with Gasteiger partial charge in [0.25, 0.3) is 0 Å². The predicted molar refractivity (Wildman–Crippen MR) is 50.1 cm³/mol. The number of hydrogen-bond acceptors (Lipinski definition) is 3. The van der Waals surface area contributed by atoms with E-state index in [-0.39, 0.29) is 0 Å². The highest BCUT2D eigenvalue weighted by Crippen LogP contribution is 2.12. The van der Waals surface area contributed by atoms with Crippen LogP contribution in [0, 0.1) is 0 Å². The maximum absolute atomic E-state index is 5.63. The van der Waals surface area contributed by atoms with Crippen LogP contribution in [0.1, 0.15) is 20.8 Å². The largest absolute Gasteiger partial charge is 0.373 e. The van der Waals surface area contributed by atoms with Crippen molar-refractivity contribution in [1.29, 1.82) is 0 Å². The van der Waals surface area contributed by atoms with Crippen LogP contribution in [0.15, 0.2) is 0 Å². The molecule has 1 heterocycles. The van der Waals surface area contributed by atoms with Gasteiger partial charge < -0.3 is 10.5 Å². The number of rotatable bonds is 2. The minimum Gasteiger partial charge on any atom is -0.373 e. The Hall–Kier alpha value is -0.120. The van der Waals surface area contributed by atoms with Crippen molar-refractivity contribution in [3.63, 3.8) is 0 Å². The fourth-order valence-electron chi connectivity index (χ4n) is 1.73. The highest BCUT2D eigenvalue weighted by molar-refractivity contribution is 4.77. The molecule has 72 valence electrons. The van der Waals surface area contributed by atoms with Gasteiger partial charge in [-0.15, -0.1) is 0 Å². The highest BCUT2D eigenvalue weighted by atomic mass is 16.5. The molecule has 1 rings (SSSR count). The fourth-order valence-corrected chi connectivity index (χ4v) is 1.73. The lowest BCUT2D eigenvalue weighted by atomic mass is 10.2. The quantitative estimate of drug-likeness (QED) is 0.657. The van der Waals surface area contributed by atoms with Gasteiger partial charge in [0.05, 0.1) is 12.2 Å². The molecular weight excluding hydrogens is 152 g/mol. The molecule has 0 bridgehead atoms. The van der Waals surface area contributed by atoms with E-state index in [1.165, 1.54) is 0 Å². The zero-order valence-electron chi connectivity index (χ0n) is 8.29. The molecule has 3 nitrogen and oxygen atoms in total. The molecule has 1 saturated heterocycles. The predicted octanol–water partition coefficient (Wildman–Crippen LogP) is 0.443. The van der Waals surface area contributed by atoms with Crippen LogP contribution in [0.2, 0.25) is 0 Å². The Balaban J connectivity index is 2.43. The molecule has 1 aliphatic rings. The summed E-state index contributed by atoms with van der Waals surface area (Å²) in [5.74, 6) is 0. The monoisotopic (exact) mass is 172 g/mol. The smallest absolute Gasteiger partial charge is 0.0678 e. The van der Waals surface area contributed by atoms with Crippen LogP contribution in [-0.4, -0.2) is 42.8 Å². The van der Waals surface area contributed by atoms with E-state index >= 15 is 0 Å². The Kier molecular flexibility index (Phi) is 3.50. The van der Waals surface area contributed by atoms with Crippen molar-refractivity contribution in [2.75, 3.05) is 19.6 Å². The maximum Gasteiger partial charge on any atom is 0.0678 e. The zero-order valence-corrected chi connectivity index (χ0v) is 8.29. The van der Waals surface area contributed by atoms with Gasteiger partial charge >= 0.3 is 0 Å². The van der Waals surface area contributed by atoms with E-state index in [1.807, 2.05) is 0 Å². The molecule has 0 aromatic rings. The zero-order chi connectivity index (χ0) is 9.14. The van der Waals surface area contributed by atoms with E-state index < -0.39 is 0 Å². The second-order valence-corrected chi connectivity index (χ2v) is 3.80. The van der Waals surface area contributed by atoms with Crippen LogP contribution in [0.25, 0.3) is 0 Å². The van der Waals surface area contributed by atoms with Gasteiger partial charge in [-0.3, -0.25) is 4.90 Å². The van der Waals surface area contributed by atoms with Crippen molar-refractivity contribution >= 4 is 0 Å². The Bertz CT molecular complexity index is 130. The van der Waals surface area contributed by atoms with E-state index in [0.29, 0.717) is 18.2 Å². The molecule has 0 amide bonds. The second-order valence-electron chi connectivity index (χ2n) is 3.80. The number of nitrogens with zero attached hydrogens (tertiary/aromatic N) is 1. The first kappa shape index (κ1) is 9.96. The average Bonchev–Trinajstić information content (AvgIpc) is 2.01. The van der Waals surface area contributed by atoms with Crippen molar-refractivity contribution in [3.05, 3.63) is 0 Å². The normalized spacial score (nSPS) is 35.0. The molecule has 0 spiro atoms. The highest BCUT2D eigenvalue weighted by Gasteiger charge is 2.24. The Morgan fingerprint density at radius 3 is 2.33 bits per heavy atom. The van der Waals surface area contributed by atoms with Crippen molar-refractivity contribution in [2.45, 2.75) is 39.0 Å². The van der Waals surface area contributed by atoms with E-state index in [2.05, 4.69) is 25.7 Å². The summed E-state index contributed by atoms with van der Waals surface area (Å²) in [4.78, 5) is 2.40. The number of morpholine rings is 1. The summed E-state index contributed by atoms with van der Waals surface area (Å²) in [6.45, 7) is 9.17. The van der Waals surface area contributed by atoms with Crippen molar-refractivity contribution in [1.82, 2.24) is 4.90 Å². The first-order valence-electron chi connectivity index (χ1n) is 4.73. The summed E-state index contributed by atoms with van der Waals surface area (Å²) in [6.07, 6.45) is 0.700. The summed E-state index contributed by atoms with van der Waals surface area (Å²) >= 11 is 0. The molecule has 3 heteroatoms. The molecule has 12 heavy (non-hydrogen) atoms. The van der Waals surface area contributed by atoms with Crippen molar-refractivity contribution in [2.24, 2.45) is 5.73 Å². The van der Waals surface area contributed by atoms with Crippen molar-refractivity contribution < 1.29 is 4.74 Å². The third-order valence-corrected chi connectivity index (χ3v) is 2.41. The lowest BCUT2D eigenvalue weighted by molar-refractivity contribution is -0.0773. The molecule has 2 N–H and O–H groups in total. The molecule has 0 saturated carbocycles. The SMILES string of the molecule is CC1CN(C(C)CN)CC(C)O1. The standard InChI is InChI=1S/C9H20N2O/c1-7(4-10)11-5-8(2)12-9(3)6-11/h7-9H,4-6,10H2,1-3H3. The molecule has 0 aliphatic carbocycles.